The Hall–Kier alpha value is -0.800. The molecule has 0 saturated carbocycles. The van der Waals surface area contributed by atoms with Gasteiger partial charge in [-0.15, -0.1) is 0 Å². The van der Waals surface area contributed by atoms with E-state index in [2.05, 4.69) is 0 Å². The van der Waals surface area contributed by atoms with Crippen molar-refractivity contribution in [2.75, 3.05) is 13.7 Å². The fourth-order valence-electron chi connectivity index (χ4n) is 1.01. The molecule has 0 radical (unpaired) electrons. The molecule has 4 heteroatoms. The van der Waals surface area contributed by atoms with Crippen LogP contribution in [0.5, 0.6) is 5.75 Å². The Bertz CT molecular complexity index is 243. The molecule has 0 aliphatic carbocycles. The van der Waals surface area contributed by atoms with Crippen LogP contribution in [0.3, 0.4) is 0 Å². The number of ether oxygens (including phenoxy) is 1. The normalized spacial score (nSPS) is 9.08. The number of hydrogen-bond donors (Lipinski definition) is 1. The maximum atomic E-state index is 8.61. The molecule has 0 unspecified atom stereocenters. The van der Waals surface area contributed by atoms with Crippen molar-refractivity contribution in [1.82, 2.24) is 0 Å². The Morgan fingerprint density at radius 1 is 1.54 bits per heavy atom. The lowest BCUT2D eigenvalue weighted by atomic mass is 10.4. The Morgan fingerprint density at radius 3 is 2.92 bits per heavy atom. The van der Waals surface area contributed by atoms with E-state index in [0.717, 1.165) is 18.7 Å². The third-order valence-corrected chi connectivity index (χ3v) is 1.64. The Kier molecular flexibility index (Phi) is 6.28. The van der Waals surface area contributed by atoms with E-state index in [0.29, 0.717) is 0 Å². The van der Waals surface area contributed by atoms with E-state index in [1.54, 1.807) is 7.11 Å². The summed E-state index contributed by atoms with van der Waals surface area (Å²) in [7, 11) is 1.64. The van der Waals surface area contributed by atoms with Gasteiger partial charge >= 0.3 is 0 Å². The van der Waals surface area contributed by atoms with Crippen LogP contribution in [-0.2, 0) is 6.54 Å². The molecular formula is C9H14ClNO2. The first-order valence-electron chi connectivity index (χ1n) is 4.01. The number of aliphatic hydroxyl groups is 1. The van der Waals surface area contributed by atoms with E-state index < -0.39 is 0 Å². The fraction of sp³-hybridized carbons (Fsp3) is 0.444. The number of aryl methyl sites for hydroxylation is 1. The standard InChI is InChI=1S/C9H14NO2.ClH/c1-12-9-4-2-5-10(8-9)6-3-7-11;/h2,4-5,8,11H,3,6-7H2,1H3;1H/q+1;/p-1. The van der Waals surface area contributed by atoms with Crippen molar-refractivity contribution in [3.05, 3.63) is 24.5 Å². The first-order valence-corrected chi connectivity index (χ1v) is 4.01. The second-order valence-corrected chi connectivity index (χ2v) is 2.56. The molecule has 3 nitrogen and oxygen atoms in total. The van der Waals surface area contributed by atoms with Gasteiger partial charge in [0.2, 0.25) is 6.20 Å². The minimum Gasteiger partial charge on any atom is -1.00 e. The molecule has 1 aromatic heterocycles. The molecule has 0 bridgehead atoms. The largest absolute Gasteiger partial charge is 1.00 e. The average molecular weight is 204 g/mol. The lowest BCUT2D eigenvalue weighted by Gasteiger charge is -1.97. The summed E-state index contributed by atoms with van der Waals surface area (Å²) in [6, 6.07) is 3.83. The average Bonchev–Trinajstić information content (AvgIpc) is 2.15. The summed E-state index contributed by atoms with van der Waals surface area (Å²) in [6.07, 6.45) is 4.64. The number of halogens is 1. The lowest BCUT2D eigenvalue weighted by molar-refractivity contribution is -0.697. The molecule has 0 saturated heterocycles. The smallest absolute Gasteiger partial charge is 0.211 e. The van der Waals surface area contributed by atoms with Crippen molar-refractivity contribution >= 4 is 0 Å². The molecule has 1 aromatic rings. The van der Waals surface area contributed by atoms with Gasteiger partial charge in [-0.3, -0.25) is 0 Å². The van der Waals surface area contributed by atoms with Crippen LogP contribution in [0.15, 0.2) is 24.5 Å². The van der Waals surface area contributed by atoms with E-state index in [1.165, 1.54) is 0 Å². The monoisotopic (exact) mass is 203 g/mol. The van der Waals surface area contributed by atoms with Gasteiger partial charge in [0.1, 0.15) is 0 Å². The van der Waals surface area contributed by atoms with Crippen LogP contribution in [0.1, 0.15) is 6.42 Å². The highest BCUT2D eigenvalue weighted by Crippen LogP contribution is 2.02. The summed E-state index contributed by atoms with van der Waals surface area (Å²) in [4.78, 5) is 0. The summed E-state index contributed by atoms with van der Waals surface area (Å²) in [5, 5.41) is 8.61. The van der Waals surface area contributed by atoms with E-state index >= 15 is 0 Å². The summed E-state index contributed by atoms with van der Waals surface area (Å²) >= 11 is 0. The molecule has 74 valence electrons. The van der Waals surface area contributed by atoms with Crippen LogP contribution in [0.25, 0.3) is 0 Å². The van der Waals surface area contributed by atoms with Crippen molar-refractivity contribution in [2.45, 2.75) is 13.0 Å². The molecule has 0 fully saturated rings. The molecule has 0 spiro atoms. The van der Waals surface area contributed by atoms with Crippen LogP contribution in [0.4, 0.5) is 0 Å². The van der Waals surface area contributed by atoms with Gasteiger partial charge in [-0.2, -0.15) is 0 Å². The number of aromatic nitrogens is 1. The van der Waals surface area contributed by atoms with Crippen LogP contribution in [0.2, 0.25) is 0 Å². The molecule has 0 aromatic carbocycles. The Balaban J connectivity index is 0.00000144. The van der Waals surface area contributed by atoms with Gasteiger partial charge in [0.05, 0.1) is 7.11 Å². The summed E-state index contributed by atoms with van der Waals surface area (Å²) in [5.41, 5.74) is 0. The predicted molar refractivity (Wildman–Crippen MR) is 44.9 cm³/mol. The summed E-state index contributed by atoms with van der Waals surface area (Å²) in [5.74, 6) is 0.843. The van der Waals surface area contributed by atoms with Crippen molar-refractivity contribution in [3.8, 4) is 5.75 Å². The minimum absolute atomic E-state index is 0. The fourth-order valence-corrected chi connectivity index (χ4v) is 1.01. The van der Waals surface area contributed by atoms with Gasteiger partial charge in [0.15, 0.2) is 18.5 Å². The number of rotatable bonds is 4. The molecule has 1 heterocycles. The maximum Gasteiger partial charge on any atom is 0.211 e. The quantitative estimate of drug-likeness (QED) is 0.544. The van der Waals surface area contributed by atoms with Gasteiger partial charge in [0.25, 0.3) is 0 Å². The Morgan fingerprint density at radius 2 is 2.31 bits per heavy atom. The Labute approximate surface area is 84.4 Å². The molecule has 13 heavy (non-hydrogen) atoms. The van der Waals surface area contributed by atoms with Crippen LogP contribution in [-0.4, -0.2) is 18.8 Å². The van der Waals surface area contributed by atoms with E-state index in [-0.39, 0.29) is 19.0 Å². The SMILES string of the molecule is COc1ccc[n+](CCCO)c1.[Cl-]. The first-order chi connectivity index (χ1) is 5.86. The van der Waals surface area contributed by atoms with E-state index in [1.807, 2.05) is 29.1 Å². The van der Waals surface area contributed by atoms with Gasteiger partial charge in [-0.1, -0.05) is 0 Å². The summed E-state index contributed by atoms with van der Waals surface area (Å²) < 4.78 is 7.05. The zero-order valence-electron chi connectivity index (χ0n) is 7.61. The van der Waals surface area contributed by atoms with Crippen LogP contribution >= 0.6 is 0 Å². The second-order valence-electron chi connectivity index (χ2n) is 2.56. The third-order valence-electron chi connectivity index (χ3n) is 1.64. The van der Waals surface area contributed by atoms with Gasteiger partial charge in [0, 0.05) is 19.1 Å². The van der Waals surface area contributed by atoms with Crippen LogP contribution < -0.4 is 21.7 Å². The minimum atomic E-state index is 0. The van der Waals surface area contributed by atoms with Gasteiger partial charge in [-0.25, -0.2) is 4.57 Å². The zero-order valence-corrected chi connectivity index (χ0v) is 8.37. The molecule has 0 aliphatic heterocycles. The number of hydrogen-bond acceptors (Lipinski definition) is 2. The molecule has 0 atom stereocenters. The van der Waals surface area contributed by atoms with E-state index in [9.17, 15) is 0 Å². The summed E-state index contributed by atoms with van der Waals surface area (Å²) in [6.45, 7) is 1.05. The highest BCUT2D eigenvalue weighted by Gasteiger charge is 2.00. The topological polar surface area (TPSA) is 33.3 Å². The van der Waals surface area contributed by atoms with E-state index in [4.69, 9.17) is 9.84 Å². The second kappa shape index (κ2) is 6.69. The van der Waals surface area contributed by atoms with Gasteiger partial charge in [-0.05, 0) is 6.07 Å². The van der Waals surface area contributed by atoms with Crippen molar-refractivity contribution in [2.24, 2.45) is 0 Å². The first kappa shape index (κ1) is 12.2. The molecule has 1 N–H and O–H groups in total. The van der Waals surface area contributed by atoms with Crippen LogP contribution in [0, 0.1) is 0 Å². The molecule has 1 rings (SSSR count). The molecule has 0 aliphatic rings. The predicted octanol–water partition coefficient (Wildman–Crippen LogP) is -2.63. The number of nitrogens with zero attached hydrogens (tertiary/aromatic N) is 1. The third kappa shape index (κ3) is 4.10. The highest BCUT2D eigenvalue weighted by atomic mass is 35.5. The lowest BCUT2D eigenvalue weighted by Crippen LogP contribution is -3.00. The number of methoxy groups -OCH3 is 1. The highest BCUT2D eigenvalue weighted by molar-refractivity contribution is 5.11. The van der Waals surface area contributed by atoms with Crippen molar-refractivity contribution in [3.63, 3.8) is 0 Å². The van der Waals surface area contributed by atoms with Gasteiger partial charge < -0.3 is 22.3 Å². The number of pyridine rings is 1. The van der Waals surface area contributed by atoms with Crippen molar-refractivity contribution < 1.29 is 26.8 Å². The molecule has 0 amide bonds. The zero-order chi connectivity index (χ0) is 8.81. The molecular weight excluding hydrogens is 190 g/mol. The maximum absolute atomic E-state index is 8.61. The van der Waals surface area contributed by atoms with Crippen molar-refractivity contribution in [1.29, 1.82) is 0 Å². The number of aliphatic hydroxyl groups excluding tert-OH is 1.